The SMILES string of the molecule is CC[C@@]1(O)C(=O)OCc2c1c([N+](=O)[O-])c1n(c2=O)Cc2c-1nc1ccccc1c2C=NOCC1CO1. The van der Waals surface area contributed by atoms with Crippen molar-refractivity contribution in [1.82, 2.24) is 9.55 Å². The van der Waals surface area contributed by atoms with Gasteiger partial charge in [0.25, 0.3) is 5.56 Å². The number of nitrogens with zero attached hydrogens (tertiary/aromatic N) is 4. The van der Waals surface area contributed by atoms with E-state index in [0.717, 1.165) is 5.39 Å². The van der Waals surface area contributed by atoms with Crippen LogP contribution in [0.4, 0.5) is 5.69 Å². The highest BCUT2D eigenvalue weighted by Crippen LogP contribution is 2.46. The summed E-state index contributed by atoms with van der Waals surface area (Å²) in [6.45, 7) is 1.93. The van der Waals surface area contributed by atoms with Crippen molar-refractivity contribution in [1.29, 1.82) is 0 Å². The molecule has 2 atom stereocenters. The number of rotatable bonds is 6. The van der Waals surface area contributed by atoms with Gasteiger partial charge in [-0.15, -0.1) is 0 Å². The maximum Gasteiger partial charge on any atom is 0.343 e. The third-order valence-corrected chi connectivity index (χ3v) is 6.83. The van der Waals surface area contributed by atoms with Crippen LogP contribution in [0, 0.1) is 10.1 Å². The first kappa shape index (κ1) is 22.3. The molecule has 12 nitrogen and oxygen atoms in total. The zero-order chi connectivity index (χ0) is 25.2. The van der Waals surface area contributed by atoms with E-state index in [9.17, 15) is 24.8 Å². The number of carbonyl (C=O) groups is 1. The number of nitro groups is 1. The first-order valence-electron chi connectivity index (χ1n) is 11.4. The Hall–Kier alpha value is -4.16. The largest absolute Gasteiger partial charge is 0.458 e. The van der Waals surface area contributed by atoms with Gasteiger partial charge >= 0.3 is 11.7 Å². The Morgan fingerprint density at radius 3 is 2.86 bits per heavy atom. The Kier molecular flexibility index (Phi) is 4.92. The normalized spacial score (nSPS) is 21.7. The Morgan fingerprint density at radius 1 is 1.36 bits per heavy atom. The number of carbonyl (C=O) groups excluding carboxylic acids is 1. The van der Waals surface area contributed by atoms with Crippen molar-refractivity contribution in [2.75, 3.05) is 13.2 Å². The van der Waals surface area contributed by atoms with Crippen LogP contribution in [0.2, 0.25) is 0 Å². The van der Waals surface area contributed by atoms with Gasteiger partial charge in [-0.3, -0.25) is 19.5 Å². The summed E-state index contributed by atoms with van der Waals surface area (Å²) in [7, 11) is 0. The van der Waals surface area contributed by atoms with Crippen LogP contribution >= 0.6 is 0 Å². The summed E-state index contributed by atoms with van der Waals surface area (Å²) < 4.78 is 11.4. The Bertz CT molecular complexity index is 1560. The summed E-state index contributed by atoms with van der Waals surface area (Å²) in [5, 5.41) is 28.4. The van der Waals surface area contributed by atoms with E-state index in [-0.39, 0.29) is 41.6 Å². The summed E-state index contributed by atoms with van der Waals surface area (Å²) in [4.78, 5) is 47.8. The third kappa shape index (κ3) is 3.14. The van der Waals surface area contributed by atoms with Gasteiger partial charge < -0.3 is 19.4 Å². The molecule has 1 aromatic carbocycles. The van der Waals surface area contributed by atoms with Gasteiger partial charge in [0.15, 0.2) is 5.60 Å². The number of pyridine rings is 2. The zero-order valence-corrected chi connectivity index (χ0v) is 19.1. The number of benzene rings is 1. The lowest BCUT2D eigenvalue weighted by molar-refractivity contribution is -0.386. The van der Waals surface area contributed by atoms with Gasteiger partial charge in [0.05, 0.1) is 40.9 Å². The fourth-order valence-electron chi connectivity index (χ4n) is 4.91. The average molecular weight is 492 g/mol. The van der Waals surface area contributed by atoms with E-state index in [1.165, 1.54) is 17.7 Å². The molecule has 0 radical (unpaired) electrons. The molecule has 1 unspecified atom stereocenters. The lowest BCUT2D eigenvalue weighted by Crippen LogP contribution is -2.45. The molecule has 6 rings (SSSR count). The number of fused-ring (bicyclic) bond motifs is 5. The molecule has 0 bridgehead atoms. The molecule has 0 spiro atoms. The molecule has 12 heteroatoms. The van der Waals surface area contributed by atoms with Crippen LogP contribution in [0.3, 0.4) is 0 Å². The van der Waals surface area contributed by atoms with Gasteiger partial charge in [0.2, 0.25) is 0 Å². The fraction of sp³-hybridized carbons (Fsp3) is 0.333. The molecule has 3 aliphatic rings. The zero-order valence-electron chi connectivity index (χ0n) is 19.1. The van der Waals surface area contributed by atoms with Gasteiger partial charge in [-0.25, -0.2) is 9.78 Å². The summed E-state index contributed by atoms with van der Waals surface area (Å²) in [5.41, 5.74) is -2.07. The first-order chi connectivity index (χ1) is 17.3. The molecule has 1 fully saturated rings. The van der Waals surface area contributed by atoms with Crippen molar-refractivity contribution < 1.29 is 29.1 Å². The second kappa shape index (κ2) is 7.93. The van der Waals surface area contributed by atoms with E-state index in [1.54, 1.807) is 12.1 Å². The molecule has 0 amide bonds. The van der Waals surface area contributed by atoms with Gasteiger partial charge in [-0.05, 0) is 12.5 Å². The minimum atomic E-state index is -2.33. The number of para-hydroxylation sites is 1. The lowest BCUT2D eigenvalue weighted by Gasteiger charge is -2.31. The van der Waals surface area contributed by atoms with E-state index in [0.29, 0.717) is 29.9 Å². The van der Waals surface area contributed by atoms with Crippen molar-refractivity contribution in [3.05, 3.63) is 67.0 Å². The number of hydrogen-bond donors (Lipinski definition) is 1. The molecule has 184 valence electrons. The van der Waals surface area contributed by atoms with Crippen molar-refractivity contribution in [2.24, 2.45) is 5.16 Å². The molecule has 1 N–H and O–H groups in total. The van der Waals surface area contributed by atoms with Crippen molar-refractivity contribution in [3.8, 4) is 11.4 Å². The molecule has 2 aromatic heterocycles. The van der Waals surface area contributed by atoms with E-state index < -0.39 is 34.3 Å². The fourth-order valence-corrected chi connectivity index (χ4v) is 4.91. The van der Waals surface area contributed by atoms with Gasteiger partial charge in [-0.2, -0.15) is 0 Å². The number of epoxide rings is 1. The maximum absolute atomic E-state index is 13.5. The Morgan fingerprint density at radius 2 is 2.14 bits per heavy atom. The van der Waals surface area contributed by atoms with Crippen molar-refractivity contribution >= 4 is 28.8 Å². The van der Waals surface area contributed by atoms with Crippen molar-refractivity contribution in [3.63, 3.8) is 0 Å². The molecule has 5 heterocycles. The second-order valence-corrected chi connectivity index (χ2v) is 8.84. The predicted octanol–water partition coefficient (Wildman–Crippen LogP) is 1.74. The van der Waals surface area contributed by atoms with Gasteiger partial charge in [0.1, 0.15) is 30.7 Å². The van der Waals surface area contributed by atoms with E-state index in [2.05, 4.69) is 10.1 Å². The maximum atomic E-state index is 13.5. The number of aliphatic hydroxyl groups is 1. The Balaban J connectivity index is 1.63. The molecule has 0 saturated carbocycles. The number of cyclic esters (lactones) is 1. The number of ether oxygens (including phenoxy) is 2. The summed E-state index contributed by atoms with van der Waals surface area (Å²) in [6, 6.07) is 7.18. The van der Waals surface area contributed by atoms with Crippen LogP contribution < -0.4 is 5.56 Å². The third-order valence-electron chi connectivity index (χ3n) is 6.83. The summed E-state index contributed by atoms with van der Waals surface area (Å²) in [5.74, 6) is -1.03. The Labute approximate surface area is 202 Å². The number of aromatic nitrogens is 2. The number of oxime groups is 1. The van der Waals surface area contributed by atoms with Crippen molar-refractivity contribution in [2.45, 2.75) is 38.2 Å². The molecule has 0 aliphatic carbocycles. The standard InChI is InChI=1S/C24H20N4O8/c1-2-24(31)18-16(11-35-23(24)30)22(29)27-8-15-14(7-25-36-10-12-9-34-12)13-5-3-4-6-17(13)26-19(15)21(27)20(18)28(32)33/h3-7,12,31H,2,8-11H2,1H3/t12?,24-/m0/s1. The minimum Gasteiger partial charge on any atom is -0.458 e. The molecular weight excluding hydrogens is 472 g/mol. The predicted molar refractivity (Wildman–Crippen MR) is 124 cm³/mol. The molecule has 1 saturated heterocycles. The monoisotopic (exact) mass is 492 g/mol. The number of esters is 1. The highest BCUT2D eigenvalue weighted by molar-refractivity contribution is 6.03. The smallest absolute Gasteiger partial charge is 0.343 e. The average Bonchev–Trinajstić information content (AvgIpc) is 3.62. The van der Waals surface area contributed by atoms with E-state index in [1.807, 2.05) is 12.1 Å². The van der Waals surface area contributed by atoms with Crippen LogP contribution in [0.15, 0.2) is 34.2 Å². The lowest BCUT2D eigenvalue weighted by atomic mass is 9.84. The molecule has 3 aromatic rings. The first-order valence-corrected chi connectivity index (χ1v) is 11.4. The van der Waals surface area contributed by atoms with Gasteiger partial charge in [0, 0.05) is 16.5 Å². The molecule has 36 heavy (non-hydrogen) atoms. The van der Waals surface area contributed by atoms with E-state index >= 15 is 0 Å². The van der Waals surface area contributed by atoms with Crippen LogP contribution in [-0.2, 0) is 37.9 Å². The van der Waals surface area contributed by atoms with Crippen LogP contribution in [0.25, 0.3) is 22.3 Å². The number of hydrogen-bond acceptors (Lipinski definition) is 10. The summed E-state index contributed by atoms with van der Waals surface area (Å²) in [6.07, 6.45) is 1.31. The van der Waals surface area contributed by atoms with Crippen LogP contribution in [0.1, 0.15) is 35.6 Å². The topological polar surface area (TPSA) is 159 Å². The highest BCUT2D eigenvalue weighted by Gasteiger charge is 2.52. The molecule has 3 aliphatic heterocycles. The molecular formula is C24H20N4O8. The van der Waals surface area contributed by atoms with Crippen LogP contribution in [-0.4, -0.2) is 51.1 Å². The minimum absolute atomic E-state index is 0.0129. The van der Waals surface area contributed by atoms with Crippen LogP contribution in [0.5, 0.6) is 0 Å². The highest BCUT2D eigenvalue weighted by atomic mass is 16.7. The quantitative estimate of drug-likeness (QED) is 0.139. The second-order valence-electron chi connectivity index (χ2n) is 8.84. The summed E-state index contributed by atoms with van der Waals surface area (Å²) >= 11 is 0. The van der Waals surface area contributed by atoms with E-state index in [4.69, 9.17) is 14.3 Å². The van der Waals surface area contributed by atoms with Gasteiger partial charge in [-0.1, -0.05) is 30.3 Å².